The lowest BCUT2D eigenvalue weighted by atomic mass is 10.1. The second kappa shape index (κ2) is 9.50. The number of hydrogen-bond acceptors (Lipinski definition) is 3. The molecule has 2 N–H and O–H groups in total. The molecule has 112 valence electrons. The maximum absolute atomic E-state index is 11.7. The Bertz CT molecular complexity index is 408. The summed E-state index contributed by atoms with van der Waals surface area (Å²) in [6.07, 6.45) is 2.31. The van der Waals surface area contributed by atoms with Crippen LogP contribution in [-0.2, 0) is 4.79 Å². The number of benzene rings is 1. The van der Waals surface area contributed by atoms with E-state index in [9.17, 15) is 4.79 Å². The smallest absolute Gasteiger partial charge is 0.230 e. The van der Waals surface area contributed by atoms with Crippen LogP contribution in [-0.4, -0.2) is 31.3 Å². The standard InChI is InChI=1S/C14H19ClN2OS.ClH/c15-12-1-3-13(4-2-12)19-10-14(18)17-8-6-11-5-7-16-9-11;/h1-4,11,16H,5-10H2,(H,17,18);1H. The van der Waals surface area contributed by atoms with E-state index in [2.05, 4.69) is 10.6 Å². The summed E-state index contributed by atoms with van der Waals surface area (Å²) in [6.45, 7) is 2.99. The van der Waals surface area contributed by atoms with Crippen molar-refractivity contribution in [3.05, 3.63) is 29.3 Å². The lowest BCUT2D eigenvalue weighted by Gasteiger charge is -2.09. The van der Waals surface area contributed by atoms with Crippen molar-refractivity contribution in [2.75, 3.05) is 25.4 Å². The average Bonchev–Trinajstić information content (AvgIpc) is 2.91. The minimum absolute atomic E-state index is 0. The molecule has 0 aliphatic carbocycles. The van der Waals surface area contributed by atoms with Crippen LogP contribution in [0.2, 0.25) is 5.02 Å². The molecular formula is C14H20Cl2N2OS. The van der Waals surface area contributed by atoms with Gasteiger partial charge in [-0.25, -0.2) is 0 Å². The quantitative estimate of drug-likeness (QED) is 0.786. The van der Waals surface area contributed by atoms with E-state index in [0.717, 1.165) is 41.9 Å². The fourth-order valence-corrected chi connectivity index (χ4v) is 2.96. The zero-order valence-electron chi connectivity index (χ0n) is 11.2. The summed E-state index contributed by atoms with van der Waals surface area (Å²) in [5, 5.41) is 7.03. The van der Waals surface area contributed by atoms with Crippen molar-refractivity contribution in [1.29, 1.82) is 0 Å². The molecule has 1 saturated heterocycles. The van der Waals surface area contributed by atoms with Crippen LogP contribution in [0.3, 0.4) is 0 Å². The Kier molecular flexibility index (Phi) is 8.38. The summed E-state index contributed by atoms with van der Waals surface area (Å²) in [4.78, 5) is 12.8. The van der Waals surface area contributed by atoms with Gasteiger partial charge in [-0.15, -0.1) is 24.2 Å². The van der Waals surface area contributed by atoms with Gasteiger partial charge in [0.25, 0.3) is 0 Å². The average molecular weight is 335 g/mol. The Hall–Kier alpha value is -0.420. The van der Waals surface area contributed by atoms with Gasteiger partial charge in [0.2, 0.25) is 5.91 Å². The Morgan fingerprint density at radius 2 is 2.15 bits per heavy atom. The summed E-state index contributed by atoms with van der Waals surface area (Å²) in [6, 6.07) is 7.55. The first-order valence-electron chi connectivity index (χ1n) is 6.60. The number of hydrogen-bond donors (Lipinski definition) is 2. The van der Waals surface area contributed by atoms with Crippen molar-refractivity contribution in [3.63, 3.8) is 0 Å². The molecule has 1 atom stereocenters. The number of amides is 1. The Labute approximate surface area is 135 Å². The highest BCUT2D eigenvalue weighted by Crippen LogP contribution is 2.20. The van der Waals surface area contributed by atoms with E-state index in [1.165, 1.54) is 18.2 Å². The van der Waals surface area contributed by atoms with Crippen LogP contribution in [0, 0.1) is 5.92 Å². The summed E-state index contributed by atoms with van der Waals surface area (Å²) in [5.41, 5.74) is 0. The van der Waals surface area contributed by atoms with Crippen LogP contribution in [0.25, 0.3) is 0 Å². The van der Waals surface area contributed by atoms with E-state index in [4.69, 9.17) is 11.6 Å². The third-order valence-corrected chi connectivity index (χ3v) is 4.48. The summed E-state index contributed by atoms with van der Waals surface area (Å²) >= 11 is 7.35. The molecule has 2 rings (SSSR count). The van der Waals surface area contributed by atoms with Crippen molar-refractivity contribution in [2.24, 2.45) is 5.92 Å². The molecule has 20 heavy (non-hydrogen) atoms. The zero-order chi connectivity index (χ0) is 13.5. The second-order valence-electron chi connectivity index (χ2n) is 4.74. The summed E-state index contributed by atoms with van der Waals surface area (Å²) in [5.74, 6) is 1.29. The first-order chi connectivity index (χ1) is 9.24. The van der Waals surface area contributed by atoms with Crippen molar-refractivity contribution in [1.82, 2.24) is 10.6 Å². The molecule has 1 aliphatic rings. The third kappa shape index (κ3) is 6.35. The van der Waals surface area contributed by atoms with E-state index in [1.54, 1.807) is 0 Å². The van der Waals surface area contributed by atoms with Gasteiger partial charge in [-0.3, -0.25) is 4.79 Å². The summed E-state index contributed by atoms with van der Waals surface area (Å²) < 4.78 is 0. The van der Waals surface area contributed by atoms with Gasteiger partial charge < -0.3 is 10.6 Å². The fourth-order valence-electron chi connectivity index (χ4n) is 2.11. The molecular weight excluding hydrogens is 315 g/mol. The number of nitrogens with one attached hydrogen (secondary N) is 2. The zero-order valence-corrected chi connectivity index (χ0v) is 13.6. The minimum atomic E-state index is 0. The highest BCUT2D eigenvalue weighted by atomic mass is 35.5. The largest absolute Gasteiger partial charge is 0.355 e. The Morgan fingerprint density at radius 1 is 1.40 bits per heavy atom. The van der Waals surface area contributed by atoms with Gasteiger partial charge in [0, 0.05) is 16.5 Å². The predicted octanol–water partition coefficient (Wildman–Crippen LogP) is 2.97. The number of thioether (sulfide) groups is 1. The van der Waals surface area contributed by atoms with Crippen molar-refractivity contribution in [3.8, 4) is 0 Å². The molecule has 1 aromatic rings. The first kappa shape index (κ1) is 17.6. The lowest BCUT2D eigenvalue weighted by molar-refractivity contribution is -0.118. The van der Waals surface area contributed by atoms with Gasteiger partial charge in [0.05, 0.1) is 5.75 Å². The molecule has 1 aliphatic heterocycles. The fraction of sp³-hybridized carbons (Fsp3) is 0.500. The van der Waals surface area contributed by atoms with Gasteiger partial charge in [0.15, 0.2) is 0 Å². The Balaban J connectivity index is 0.00000200. The number of halogens is 2. The van der Waals surface area contributed by atoms with Crippen LogP contribution in [0.15, 0.2) is 29.2 Å². The van der Waals surface area contributed by atoms with Crippen molar-refractivity contribution in [2.45, 2.75) is 17.7 Å². The number of rotatable bonds is 6. The van der Waals surface area contributed by atoms with Gasteiger partial charge in [0.1, 0.15) is 0 Å². The molecule has 0 bridgehead atoms. The van der Waals surface area contributed by atoms with Crippen LogP contribution in [0.4, 0.5) is 0 Å². The molecule has 1 heterocycles. The maximum Gasteiger partial charge on any atom is 0.230 e. The molecule has 1 amide bonds. The first-order valence-corrected chi connectivity index (χ1v) is 7.96. The number of carbonyl (C=O) groups excluding carboxylic acids is 1. The molecule has 1 fully saturated rings. The molecule has 0 aromatic heterocycles. The lowest BCUT2D eigenvalue weighted by Crippen LogP contribution is -2.27. The molecule has 1 aromatic carbocycles. The van der Waals surface area contributed by atoms with Crippen molar-refractivity contribution >= 4 is 41.7 Å². The van der Waals surface area contributed by atoms with E-state index < -0.39 is 0 Å². The van der Waals surface area contributed by atoms with Crippen molar-refractivity contribution < 1.29 is 4.79 Å². The monoisotopic (exact) mass is 334 g/mol. The van der Waals surface area contributed by atoms with Gasteiger partial charge in [-0.2, -0.15) is 0 Å². The molecule has 1 unspecified atom stereocenters. The van der Waals surface area contributed by atoms with Crippen LogP contribution in [0.1, 0.15) is 12.8 Å². The van der Waals surface area contributed by atoms with Crippen LogP contribution in [0.5, 0.6) is 0 Å². The van der Waals surface area contributed by atoms with E-state index in [0.29, 0.717) is 5.75 Å². The molecule has 6 heteroatoms. The molecule has 0 radical (unpaired) electrons. The number of carbonyl (C=O) groups is 1. The SMILES string of the molecule is Cl.O=C(CSc1ccc(Cl)cc1)NCCC1CCNC1. The highest BCUT2D eigenvalue weighted by molar-refractivity contribution is 8.00. The van der Waals surface area contributed by atoms with E-state index >= 15 is 0 Å². The van der Waals surface area contributed by atoms with Crippen LogP contribution < -0.4 is 10.6 Å². The van der Waals surface area contributed by atoms with E-state index in [1.807, 2.05) is 24.3 Å². The van der Waals surface area contributed by atoms with Gasteiger partial charge in [-0.05, 0) is 56.1 Å². The minimum Gasteiger partial charge on any atom is -0.355 e. The van der Waals surface area contributed by atoms with Crippen LogP contribution >= 0.6 is 35.8 Å². The molecule has 3 nitrogen and oxygen atoms in total. The topological polar surface area (TPSA) is 41.1 Å². The second-order valence-corrected chi connectivity index (χ2v) is 6.23. The third-order valence-electron chi connectivity index (χ3n) is 3.22. The normalized spacial score (nSPS) is 17.6. The molecule has 0 saturated carbocycles. The highest BCUT2D eigenvalue weighted by Gasteiger charge is 2.14. The summed E-state index contributed by atoms with van der Waals surface area (Å²) in [7, 11) is 0. The van der Waals surface area contributed by atoms with Gasteiger partial charge >= 0.3 is 0 Å². The Morgan fingerprint density at radius 3 is 2.80 bits per heavy atom. The molecule has 0 spiro atoms. The maximum atomic E-state index is 11.7. The van der Waals surface area contributed by atoms with E-state index in [-0.39, 0.29) is 18.3 Å². The van der Waals surface area contributed by atoms with Gasteiger partial charge in [-0.1, -0.05) is 11.6 Å². The predicted molar refractivity (Wildman–Crippen MR) is 88.0 cm³/mol.